The fraction of sp³-hybridized carbons (Fsp3) is 0.441. The standard InChI is InChI=1S/C34H42FN7O3/c1-34(2,44)22-42-28-10-9-24(40-15-12-23(13-16-40)41-19-17-39(3)18-20-41)21-27(28)37-33(42)38-32(43)26-11-14-36-31(30(26)35)25-7-5-6-8-29(25)45-4/h5-11,14,21,23,44H,12-13,15-20,22H2,1-4H3,(H,37,38,43). The number of methoxy groups -OCH3 is 1. The average Bonchev–Trinajstić information content (AvgIpc) is 3.35. The molecule has 0 aliphatic carbocycles. The Labute approximate surface area is 263 Å². The zero-order chi connectivity index (χ0) is 31.7. The van der Waals surface area contributed by atoms with Crippen LogP contribution in [0.4, 0.5) is 16.0 Å². The maximum Gasteiger partial charge on any atom is 0.261 e. The molecule has 10 nitrogen and oxygen atoms in total. The molecule has 2 N–H and O–H groups in total. The molecule has 6 rings (SSSR count). The Balaban J connectivity index is 1.25. The Morgan fingerprint density at radius 2 is 1.80 bits per heavy atom. The summed E-state index contributed by atoms with van der Waals surface area (Å²) >= 11 is 0. The lowest BCUT2D eigenvalue weighted by molar-refractivity contribution is 0.0630. The molecule has 0 radical (unpaired) electrons. The molecular formula is C34H42FN7O3. The van der Waals surface area contributed by atoms with Gasteiger partial charge in [-0.3, -0.25) is 20.0 Å². The lowest BCUT2D eigenvalue weighted by atomic mass is 10.0. The molecule has 1 amide bonds. The molecule has 2 aliphatic rings. The molecule has 2 aromatic carbocycles. The summed E-state index contributed by atoms with van der Waals surface area (Å²) in [6.45, 7) is 10.0. The number of hydrogen-bond acceptors (Lipinski definition) is 8. The number of imidazole rings is 1. The van der Waals surface area contributed by atoms with Crippen molar-refractivity contribution in [3.8, 4) is 17.0 Å². The minimum absolute atomic E-state index is 0.0196. The first-order valence-electron chi connectivity index (χ1n) is 15.6. The highest BCUT2D eigenvalue weighted by atomic mass is 19.1. The Bertz CT molecular complexity index is 1670. The highest BCUT2D eigenvalue weighted by Crippen LogP contribution is 2.32. The average molecular weight is 616 g/mol. The fourth-order valence-electron chi connectivity index (χ4n) is 6.45. The van der Waals surface area contributed by atoms with Crippen molar-refractivity contribution in [1.29, 1.82) is 0 Å². The second kappa shape index (κ2) is 12.7. The molecule has 2 aliphatic heterocycles. The van der Waals surface area contributed by atoms with Crippen molar-refractivity contribution in [3.05, 3.63) is 66.1 Å². The zero-order valence-electron chi connectivity index (χ0n) is 26.5. The minimum atomic E-state index is -1.09. The molecule has 2 aromatic heterocycles. The number of amides is 1. The number of benzene rings is 2. The van der Waals surface area contributed by atoms with E-state index in [1.54, 1.807) is 42.7 Å². The van der Waals surface area contributed by atoms with Crippen molar-refractivity contribution in [2.45, 2.75) is 44.9 Å². The number of nitrogens with one attached hydrogen (secondary N) is 1. The molecule has 0 atom stereocenters. The van der Waals surface area contributed by atoms with Gasteiger partial charge < -0.3 is 24.2 Å². The van der Waals surface area contributed by atoms with Crippen LogP contribution in [0, 0.1) is 5.82 Å². The van der Waals surface area contributed by atoms with Crippen LogP contribution in [0.3, 0.4) is 0 Å². The molecule has 45 heavy (non-hydrogen) atoms. The van der Waals surface area contributed by atoms with Gasteiger partial charge in [0.05, 0.1) is 35.9 Å². The first kappa shape index (κ1) is 30.9. The highest BCUT2D eigenvalue weighted by Gasteiger charge is 2.28. The van der Waals surface area contributed by atoms with Crippen molar-refractivity contribution >= 4 is 28.6 Å². The number of aromatic nitrogens is 3. The number of likely N-dealkylation sites (N-methyl/N-ethyl adjacent to an activating group) is 1. The summed E-state index contributed by atoms with van der Waals surface area (Å²) in [6.07, 6.45) is 3.63. The normalized spacial score (nSPS) is 17.2. The largest absolute Gasteiger partial charge is 0.496 e. The number of ether oxygens (including phenoxy) is 1. The van der Waals surface area contributed by atoms with Gasteiger partial charge in [0.25, 0.3) is 5.91 Å². The van der Waals surface area contributed by atoms with Crippen LogP contribution in [0.1, 0.15) is 37.0 Å². The number of halogens is 1. The van der Waals surface area contributed by atoms with Crippen molar-refractivity contribution in [1.82, 2.24) is 24.3 Å². The zero-order valence-corrected chi connectivity index (χ0v) is 26.5. The number of aliphatic hydroxyl groups is 1. The summed E-state index contributed by atoms with van der Waals surface area (Å²) in [5.74, 6) is -0.734. The van der Waals surface area contributed by atoms with Gasteiger partial charge in [0.2, 0.25) is 5.95 Å². The summed E-state index contributed by atoms with van der Waals surface area (Å²) in [7, 11) is 3.69. The maximum absolute atomic E-state index is 15.8. The number of carbonyl (C=O) groups is 1. The monoisotopic (exact) mass is 615 g/mol. The second-order valence-electron chi connectivity index (χ2n) is 12.7. The lowest BCUT2D eigenvalue weighted by Gasteiger charge is -2.42. The number of piperidine rings is 1. The van der Waals surface area contributed by atoms with Gasteiger partial charge in [-0.05, 0) is 70.1 Å². The summed E-state index contributed by atoms with van der Waals surface area (Å²) in [5, 5.41) is 13.5. The number of fused-ring (bicyclic) bond motifs is 1. The molecule has 2 fully saturated rings. The number of nitrogens with zero attached hydrogens (tertiary/aromatic N) is 6. The molecule has 0 bridgehead atoms. The highest BCUT2D eigenvalue weighted by molar-refractivity contribution is 6.05. The first-order valence-corrected chi connectivity index (χ1v) is 15.6. The number of pyridine rings is 1. The fourth-order valence-corrected chi connectivity index (χ4v) is 6.45. The van der Waals surface area contributed by atoms with Crippen LogP contribution in [0.2, 0.25) is 0 Å². The number of para-hydroxylation sites is 1. The third-order valence-corrected chi connectivity index (χ3v) is 8.88. The number of piperazine rings is 1. The Hall–Kier alpha value is -4.06. The van der Waals surface area contributed by atoms with Crippen LogP contribution in [0.5, 0.6) is 5.75 Å². The van der Waals surface area contributed by atoms with E-state index in [2.05, 4.69) is 38.1 Å². The third kappa shape index (κ3) is 6.66. The van der Waals surface area contributed by atoms with Gasteiger partial charge in [0.15, 0.2) is 5.82 Å². The van der Waals surface area contributed by atoms with E-state index in [4.69, 9.17) is 9.72 Å². The van der Waals surface area contributed by atoms with E-state index in [0.717, 1.165) is 63.3 Å². The molecular weight excluding hydrogens is 573 g/mol. The number of hydrogen-bond donors (Lipinski definition) is 2. The number of carbonyl (C=O) groups excluding carboxylic acids is 1. The Kier molecular flexibility index (Phi) is 8.76. The molecule has 0 unspecified atom stereocenters. The Morgan fingerprint density at radius 1 is 1.07 bits per heavy atom. The van der Waals surface area contributed by atoms with Crippen LogP contribution >= 0.6 is 0 Å². The van der Waals surface area contributed by atoms with Gasteiger partial charge in [0, 0.05) is 62.8 Å². The van der Waals surface area contributed by atoms with Crippen LogP contribution in [0.15, 0.2) is 54.7 Å². The maximum atomic E-state index is 15.8. The summed E-state index contributed by atoms with van der Waals surface area (Å²) in [5.41, 5.74) is 1.75. The minimum Gasteiger partial charge on any atom is -0.496 e. The molecule has 4 heterocycles. The molecule has 0 saturated carbocycles. The SMILES string of the molecule is COc1ccccc1-c1nccc(C(=O)Nc2nc3cc(N4CCC(N5CCN(C)CC5)CC4)ccc3n2CC(C)(C)O)c1F. The van der Waals surface area contributed by atoms with Gasteiger partial charge in [-0.25, -0.2) is 9.37 Å². The van der Waals surface area contributed by atoms with Gasteiger partial charge in [0.1, 0.15) is 11.4 Å². The second-order valence-corrected chi connectivity index (χ2v) is 12.7. The smallest absolute Gasteiger partial charge is 0.261 e. The first-order chi connectivity index (χ1) is 21.6. The van der Waals surface area contributed by atoms with Crippen molar-refractivity contribution in [2.24, 2.45) is 0 Å². The van der Waals surface area contributed by atoms with E-state index in [1.165, 1.54) is 19.4 Å². The molecule has 2 saturated heterocycles. The molecule has 11 heteroatoms. The van der Waals surface area contributed by atoms with Crippen LogP contribution in [-0.4, -0.2) is 100 Å². The third-order valence-electron chi connectivity index (χ3n) is 8.88. The number of anilines is 2. The van der Waals surface area contributed by atoms with E-state index >= 15 is 4.39 Å². The van der Waals surface area contributed by atoms with Gasteiger partial charge in [-0.15, -0.1) is 0 Å². The summed E-state index contributed by atoms with van der Waals surface area (Å²) in [4.78, 5) is 29.9. The molecule has 238 valence electrons. The molecule has 4 aromatic rings. The lowest BCUT2D eigenvalue weighted by Crippen LogP contribution is -2.52. The van der Waals surface area contributed by atoms with E-state index in [-0.39, 0.29) is 23.8 Å². The number of rotatable bonds is 8. The van der Waals surface area contributed by atoms with Crippen LogP contribution in [0.25, 0.3) is 22.3 Å². The van der Waals surface area contributed by atoms with E-state index in [9.17, 15) is 9.90 Å². The van der Waals surface area contributed by atoms with Crippen LogP contribution < -0.4 is 15.0 Å². The Morgan fingerprint density at radius 3 is 2.51 bits per heavy atom. The van der Waals surface area contributed by atoms with E-state index < -0.39 is 17.3 Å². The summed E-state index contributed by atoms with van der Waals surface area (Å²) < 4.78 is 22.9. The summed E-state index contributed by atoms with van der Waals surface area (Å²) in [6, 6.07) is 15.0. The van der Waals surface area contributed by atoms with Crippen molar-refractivity contribution in [2.75, 3.05) is 63.6 Å². The van der Waals surface area contributed by atoms with Gasteiger partial charge in [-0.1, -0.05) is 12.1 Å². The van der Waals surface area contributed by atoms with Gasteiger partial charge >= 0.3 is 0 Å². The predicted molar refractivity (Wildman–Crippen MR) is 174 cm³/mol. The van der Waals surface area contributed by atoms with E-state index in [1.807, 2.05) is 12.1 Å². The van der Waals surface area contributed by atoms with Crippen molar-refractivity contribution < 1.29 is 19.0 Å². The topological polar surface area (TPSA) is 99.0 Å². The quantitative estimate of drug-likeness (QED) is 0.300. The van der Waals surface area contributed by atoms with Gasteiger partial charge in [-0.2, -0.15) is 0 Å². The predicted octanol–water partition coefficient (Wildman–Crippen LogP) is 4.49. The van der Waals surface area contributed by atoms with Crippen LogP contribution in [-0.2, 0) is 6.54 Å². The van der Waals surface area contributed by atoms with E-state index in [0.29, 0.717) is 22.9 Å². The molecule has 0 spiro atoms. The van der Waals surface area contributed by atoms with Crippen molar-refractivity contribution in [3.63, 3.8) is 0 Å².